The molecule has 0 unspecified atom stereocenters. The number of aryl methyl sites for hydroxylation is 2. The zero-order valence-electron chi connectivity index (χ0n) is 11.0. The Morgan fingerprint density at radius 3 is 1.78 bits per heavy atom. The highest BCUT2D eigenvalue weighted by Crippen LogP contribution is 1.93. The summed E-state index contributed by atoms with van der Waals surface area (Å²) < 4.78 is 4.05. The van der Waals surface area contributed by atoms with Crippen molar-refractivity contribution in [2.75, 3.05) is 0 Å². The van der Waals surface area contributed by atoms with Gasteiger partial charge in [0.1, 0.15) is 0 Å². The lowest BCUT2D eigenvalue weighted by atomic mass is 10.2. The van der Waals surface area contributed by atoms with E-state index in [1.807, 2.05) is 46.1 Å². The molecule has 0 bridgehead atoms. The van der Waals surface area contributed by atoms with Gasteiger partial charge in [-0.05, 0) is 26.0 Å². The van der Waals surface area contributed by atoms with E-state index in [0.29, 0.717) is 13.1 Å². The van der Waals surface area contributed by atoms with Crippen LogP contribution in [0.3, 0.4) is 0 Å². The Hall–Kier alpha value is -1.74. The Morgan fingerprint density at radius 1 is 0.944 bits per heavy atom. The molecule has 94 valence electrons. The molecule has 0 radical (unpaired) electrons. The molecule has 0 aliphatic carbocycles. The summed E-state index contributed by atoms with van der Waals surface area (Å²) in [4.78, 5) is 0. The Kier molecular flexibility index (Phi) is 4.05. The van der Waals surface area contributed by atoms with Crippen LogP contribution >= 0.6 is 0 Å². The first-order chi connectivity index (χ1) is 8.63. The predicted molar refractivity (Wildman–Crippen MR) is 68.8 cm³/mol. The minimum Gasteiger partial charge on any atom is -0.381 e. The molecule has 2 aromatic rings. The van der Waals surface area contributed by atoms with E-state index in [4.69, 9.17) is 0 Å². The zero-order valence-corrected chi connectivity index (χ0v) is 11.0. The minimum atomic E-state index is -0.386. The first-order valence-corrected chi connectivity index (χ1v) is 6.23. The highest BCUT2D eigenvalue weighted by Gasteiger charge is 2.16. The third kappa shape index (κ3) is 3.64. The summed E-state index contributed by atoms with van der Waals surface area (Å²) in [5.74, 6) is 0. The van der Waals surface area contributed by atoms with Crippen molar-refractivity contribution in [3.8, 4) is 0 Å². The maximum atomic E-state index is 10.1. The van der Waals surface area contributed by atoms with Gasteiger partial charge in [-0.25, -0.2) is 9.13 Å². The van der Waals surface area contributed by atoms with E-state index in [0.717, 1.165) is 0 Å². The van der Waals surface area contributed by atoms with Crippen LogP contribution in [-0.4, -0.2) is 11.2 Å². The molecule has 1 N–H and O–H groups in total. The zero-order chi connectivity index (χ0) is 13.0. The normalized spacial score (nSPS) is 10.9. The van der Waals surface area contributed by atoms with Gasteiger partial charge in [-0.2, -0.15) is 0 Å². The van der Waals surface area contributed by atoms with Gasteiger partial charge in [-0.1, -0.05) is 0 Å². The average Bonchev–Trinajstić information content (AvgIpc) is 2.28. The molecule has 0 fully saturated rings. The number of aliphatic hydroxyl groups is 1. The molecule has 18 heavy (non-hydrogen) atoms. The summed E-state index contributed by atoms with van der Waals surface area (Å²) in [6.07, 6.45) is 7.67. The fourth-order valence-electron chi connectivity index (χ4n) is 2.08. The van der Waals surface area contributed by atoms with Gasteiger partial charge in [0, 0.05) is 23.3 Å². The van der Waals surface area contributed by atoms with E-state index >= 15 is 0 Å². The maximum Gasteiger partial charge on any atom is 0.180 e. The standard InChI is InChI=1S/C15H20N2O/c1-13-5-3-7-16(9-13)11-15(18)12-17-8-4-6-14(2)10-17/h3-10,15,18H,11-12H2,1-2H3/q+2. The third-order valence-electron chi connectivity index (χ3n) is 2.86. The average molecular weight is 244 g/mol. The lowest BCUT2D eigenvalue weighted by Crippen LogP contribution is -2.47. The Labute approximate surface area is 108 Å². The Bertz CT molecular complexity index is 478. The van der Waals surface area contributed by atoms with E-state index in [1.165, 1.54) is 11.1 Å². The van der Waals surface area contributed by atoms with Crippen molar-refractivity contribution in [3.05, 3.63) is 60.2 Å². The van der Waals surface area contributed by atoms with Gasteiger partial charge in [0.15, 0.2) is 44.0 Å². The molecule has 0 saturated carbocycles. The number of aliphatic hydroxyl groups excluding tert-OH is 1. The third-order valence-corrected chi connectivity index (χ3v) is 2.86. The van der Waals surface area contributed by atoms with Gasteiger partial charge in [-0.3, -0.25) is 0 Å². The topological polar surface area (TPSA) is 28.0 Å². The van der Waals surface area contributed by atoms with Gasteiger partial charge in [0.25, 0.3) is 0 Å². The molecule has 3 nitrogen and oxygen atoms in total. The van der Waals surface area contributed by atoms with Gasteiger partial charge in [0.2, 0.25) is 0 Å². The quantitative estimate of drug-likeness (QED) is 0.797. The number of hydrogen-bond donors (Lipinski definition) is 1. The van der Waals surface area contributed by atoms with Crippen LogP contribution in [0.4, 0.5) is 0 Å². The summed E-state index contributed by atoms with van der Waals surface area (Å²) in [6, 6.07) is 8.11. The molecule has 0 spiro atoms. The summed E-state index contributed by atoms with van der Waals surface area (Å²) in [7, 11) is 0. The van der Waals surface area contributed by atoms with E-state index in [9.17, 15) is 5.11 Å². The van der Waals surface area contributed by atoms with Gasteiger partial charge < -0.3 is 5.11 Å². The molecule has 0 atom stereocenters. The fraction of sp³-hybridized carbons (Fsp3) is 0.333. The van der Waals surface area contributed by atoms with Crippen LogP contribution in [0.25, 0.3) is 0 Å². The second-order valence-corrected chi connectivity index (χ2v) is 4.81. The predicted octanol–water partition coefficient (Wildman–Crippen LogP) is 0.940. The van der Waals surface area contributed by atoms with Crippen LogP contribution in [0.2, 0.25) is 0 Å². The van der Waals surface area contributed by atoms with E-state index in [1.54, 1.807) is 0 Å². The largest absolute Gasteiger partial charge is 0.381 e. The molecule has 3 heteroatoms. The summed E-state index contributed by atoms with van der Waals surface area (Å²) >= 11 is 0. The molecular formula is C15H20N2O+2. The second kappa shape index (κ2) is 5.74. The van der Waals surface area contributed by atoms with Crippen LogP contribution in [0.5, 0.6) is 0 Å². The van der Waals surface area contributed by atoms with Gasteiger partial charge in [0.05, 0.1) is 0 Å². The maximum absolute atomic E-state index is 10.1. The first-order valence-electron chi connectivity index (χ1n) is 6.23. The lowest BCUT2D eigenvalue weighted by Gasteiger charge is -2.04. The van der Waals surface area contributed by atoms with Crippen molar-refractivity contribution >= 4 is 0 Å². The van der Waals surface area contributed by atoms with Gasteiger partial charge >= 0.3 is 0 Å². The van der Waals surface area contributed by atoms with Crippen molar-refractivity contribution < 1.29 is 14.2 Å². The highest BCUT2D eigenvalue weighted by molar-refractivity contribution is 5.01. The van der Waals surface area contributed by atoms with Crippen LogP contribution in [-0.2, 0) is 13.1 Å². The van der Waals surface area contributed by atoms with E-state index in [2.05, 4.69) is 26.0 Å². The Balaban J connectivity index is 1.98. The molecule has 0 aromatic carbocycles. The van der Waals surface area contributed by atoms with Crippen molar-refractivity contribution in [1.29, 1.82) is 0 Å². The first kappa shape index (κ1) is 12.7. The minimum absolute atomic E-state index is 0.386. The molecular weight excluding hydrogens is 224 g/mol. The summed E-state index contributed by atoms with van der Waals surface area (Å²) in [5.41, 5.74) is 2.40. The second-order valence-electron chi connectivity index (χ2n) is 4.81. The van der Waals surface area contributed by atoms with E-state index < -0.39 is 0 Å². The summed E-state index contributed by atoms with van der Waals surface area (Å²) in [5, 5.41) is 10.1. The van der Waals surface area contributed by atoms with Gasteiger partial charge in [-0.15, -0.1) is 0 Å². The number of aromatic nitrogens is 2. The van der Waals surface area contributed by atoms with Crippen molar-refractivity contribution in [2.45, 2.75) is 33.0 Å². The number of pyridine rings is 2. The van der Waals surface area contributed by atoms with E-state index in [-0.39, 0.29) is 6.10 Å². The number of nitrogens with zero attached hydrogens (tertiary/aromatic N) is 2. The molecule has 2 aromatic heterocycles. The smallest absolute Gasteiger partial charge is 0.180 e. The number of rotatable bonds is 4. The fourth-order valence-corrected chi connectivity index (χ4v) is 2.08. The van der Waals surface area contributed by atoms with Crippen molar-refractivity contribution in [1.82, 2.24) is 0 Å². The molecule has 0 aliphatic heterocycles. The van der Waals surface area contributed by atoms with Crippen LogP contribution < -0.4 is 9.13 Å². The Morgan fingerprint density at radius 2 is 1.39 bits per heavy atom. The molecule has 2 rings (SSSR count). The molecule has 0 saturated heterocycles. The van der Waals surface area contributed by atoms with Crippen LogP contribution in [0.1, 0.15) is 11.1 Å². The lowest BCUT2D eigenvalue weighted by molar-refractivity contribution is -0.738. The van der Waals surface area contributed by atoms with Crippen molar-refractivity contribution in [2.24, 2.45) is 0 Å². The highest BCUT2D eigenvalue weighted by atomic mass is 16.3. The molecule has 2 heterocycles. The summed E-state index contributed by atoms with van der Waals surface area (Å²) in [6.45, 7) is 5.33. The SMILES string of the molecule is Cc1ccc[n+](CC(O)C[n+]2cccc(C)c2)c1. The number of hydrogen-bond acceptors (Lipinski definition) is 1. The van der Waals surface area contributed by atoms with Crippen molar-refractivity contribution in [3.63, 3.8) is 0 Å². The monoisotopic (exact) mass is 244 g/mol. The molecule has 0 aliphatic rings. The van der Waals surface area contributed by atoms with Crippen LogP contribution in [0, 0.1) is 13.8 Å². The molecule has 0 amide bonds. The van der Waals surface area contributed by atoms with Crippen LogP contribution in [0.15, 0.2) is 49.1 Å².